The molecule has 1 aliphatic rings. The lowest BCUT2D eigenvalue weighted by Crippen LogP contribution is -2.36. The molecule has 11 heteroatoms. The lowest BCUT2D eigenvalue weighted by molar-refractivity contribution is -0.0505. The molecule has 0 saturated carbocycles. The zero-order valence-electron chi connectivity index (χ0n) is 16.3. The van der Waals surface area contributed by atoms with Crippen molar-refractivity contribution in [3.05, 3.63) is 41.5 Å². The standard InChI is InChI=1S/C19H21F2N3O5.HI/c1-22-19(23-8-11-5-13(26-2)3-4-14(11)25)24-9-12-6-16-17(28-10-27-16)7-15(12)29-18(20)21;/h3-7,18,25H,8-10H2,1-2H3,(H2,22,23,24);1H. The van der Waals surface area contributed by atoms with Crippen molar-refractivity contribution in [3.8, 4) is 28.7 Å². The number of phenols is 1. The number of halogens is 3. The van der Waals surface area contributed by atoms with Gasteiger partial charge in [-0.05, 0) is 24.3 Å². The molecule has 0 fully saturated rings. The highest BCUT2D eigenvalue weighted by Crippen LogP contribution is 2.38. The van der Waals surface area contributed by atoms with E-state index in [-0.39, 0.29) is 55.4 Å². The van der Waals surface area contributed by atoms with Gasteiger partial charge in [-0.2, -0.15) is 8.78 Å². The molecule has 0 radical (unpaired) electrons. The number of fused-ring (bicyclic) bond motifs is 1. The summed E-state index contributed by atoms with van der Waals surface area (Å²) < 4.78 is 45.7. The third-order valence-electron chi connectivity index (χ3n) is 4.17. The Kier molecular flexibility index (Phi) is 8.57. The zero-order valence-corrected chi connectivity index (χ0v) is 18.6. The molecule has 1 heterocycles. The van der Waals surface area contributed by atoms with Crippen LogP contribution in [0.15, 0.2) is 35.3 Å². The molecule has 2 aromatic rings. The first-order valence-electron chi connectivity index (χ1n) is 8.68. The first-order chi connectivity index (χ1) is 14.0. The van der Waals surface area contributed by atoms with Crippen molar-refractivity contribution in [1.29, 1.82) is 0 Å². The molecule has 0 aromatic heterocycles. The number of rotatable bonds is 7. The topological polar surface area (TPSA) is 93.6 Å². The first kappa shape index (κ1) is 23.6. The Bertz CT molecular complexity index is 899. The fourth-order valence-electron chi connectivity index (χ4n) is 2.72. The van der Waals surface area contributed by atoms with Crippen LogP contribution in [0.25, 0.3) is 0 Å². The minimum Gasteiger partial charge on any atom is -0.508 e. The Morgan fingerprint density at radius 3 is 2.43 bits per heavy atom. The van der Waals surface area contributed by atoms with E-state index in [9.17, 15) is 13.9 Å². The molecule has 0 saturated heterocycles. The lowest BCUT2D eigenvalue weighted by atomic mass is 10.1. The van der Waals surface area contributed by atoms with E-state index in [1.54, 1.807) is 25.2 Å². The molecule has 1 aliphatic heterocycles. The summed E-state index contributed by atoms with van der Waals surface area (Å²) in [5.41, 5.74) is 1.05. The molecule has 0 spiro atoms. The molecule has 2 aromatic carbocycles. The third kappa shape index (κ3) is 5.90. The molecule has 0 bridgehead atoms. The van der Waals surface area contributed by atoms with Gasteiger partial charge in [-0.15, -0.1) is 24.0 Å². The number of nitrogens with zero attached hydrogens (tertiary/aromatic N) is 1. The Balaban J connectivity index is 0.00000320. The Hall–Kier alpha value is -2.70. The van der Waals surface area contributed by atoms with E-state index in [0.29, 0.717) is 34.3 Å². The van der Waals surface area contributed by atoms with Crippen molar-refractivity contribution in [2.45, 2.75) is 19.7 Å². The van der Waals surface area contributed by atoms with Gasteiger partial charge in [-0.25, -0.2) is 0 Å². The number of aliphatic imine (C=N–C) groups is 1. The van der Waals surface area contributed by atoms with Crippen LogP contribution in [0.5, 0.6) is 28.7 Å². The van der Waals surface area contributed by atoms with Crippen molar-refractivity contribution in [2.24, 2.45) is 4.99 Å². The van der Waals surface area contributed by atoms with Crippen molar-refractivity contribution in [3.63, 3.8) is 0 Å². The molecule has 0 aliphatic carbocycles. The lowest BCUT2D eigenvalue weighted by Gasteiger charge is -2.16. The molecule has 0 atom stereocenters. The van der Waals surface area contributed by atoms with Gasteiger partial charge in [0, 0.05) is 37.3 Å². The molecule has 8 nitrogen and oxygen atoms in total. The number of benzene rings is 2. The summed E-state index contributed by atoms with van der Waals surface area (Å²) in [6.07, 6.45) is 0. The highest BCUT2D eigenvalue weighted by molar-refractivity contribution is 14.0. The Labute approximate surface area is 189 Å². The summed E-state index contributed by atoms with van der Waals surface area (Å²) in [4.78, 5) is 4.09. The van der Waals surface area contributed by atoms with Crippen LogP contribution >= 0.6 is 24.0 Å². The van der Waals surface area contributed by atoms with Gasteiger partial charge in [0.25, 0.3) is 0 Å². The molecule has 0 amide bonds. The van der Waals surface area contributed by atoms with Crippen LogP contribution in [-0.2, 0) is 13.1 Å². The molecule has 0 unspecified atom stereocenters. The van der Waals surface area contributed by atoms with Crippen LogP contribution in [-0.4, -0.2) is 38.6 Å². The van der Waals surface area contributed by atoms with Gasteiger partial charge in [0.1, 0.15) is 17.2 Å². The fraction of sp³-hybridized carbons (Fsp3) is 0.316. The van der Waals surface area contributed by atoms with Gasteiger partial charge in [-0.1, -0.05) is 0 Å². The largest absolute Gasteiger partial charge is 0.508 e. The van der Waals surface area contributed by atoms with E-state index in [1.165, 1.54) is 19.2 Å². The zero-order chi connectivity index (χ0) is 20.8. The summed E-state index contributed by atoms with van der Waals surface area (Å²) in [7, 11) is 3.10. The van der Waals surface area contributed by atoms with Crippen LogP contribution in [0, 0.1) is 0 Å². The SMILES string of the molecule is CN=C(NCc1cc(OC)ccc1O)NCc1cc2c(cc1OC(F)F)OCO2.I. The Morgan fingerprint density at radius 2 is 1.80 bits per heavy atom. The molecule has 30 heavy (non-hydrogen) atoms. The van der Waals surface area contributed by atoms with Gasteiger partial charge in [0.15, 0.2) is 17.5 Å². The first-order valence-corrected chi connectivity index (χ1v) is 8.68. The highest BCUT2D eigenvalue weighted by Gasteiger charge is 2.20. The maximum absolute atomic E-state index is 12.7. The quantitative estimate of drug-likeness (QED) is 0.284. The highest BCUT2D eigenvalue weighted by atomic mass is 127. The molecule has 164 valence electrons. The number of hydrogen-bond acceptors (Lipinski definition) is 6. The number of ether oxygens (including phenoxy) is 4. The number of hydrogen-bond donors (Lipinski definition) is 3. The second kappa shape index (κ2) is 10.9. The minimum atomic E-state index is -2.97. The van der Waals surface area contributed by atoms with Crippen LogP contribution < -0.4 is 29.6 Å². The summed E-state index contributed by atoms with van der Waals surface area (Å²) in [6.45, 7) is -2.54. The maximum atomic E-state index is 12.7. The molecular weight excluding hydrogens is 515 g/mol. The maximum Gasteiger partial charge on any atom is 0.387 e. The van der Waals surface area contributed by atoms with Crippen molar-refractivity contribution < 1.29 is 32.8 Å². The van der Waals surface area contributed by atoms with E-state index in [1.807, 2.05) is 0 Å². The predicted molar refractivity (Wildman–Crippen MR) is 116 cm³/mol. The molecular formula is C19H22F2IN3O5. The van der Waals surface area contributed by atoms with E-state index >= 15 is 0 Å². The number of guanidine groups is 1. The van der Waals surface area contributed by atoms with Crippen molar-refractivity contribution in [2.75, 3.05) is 21.0 Å². The van der Waals surface area contributed by atoms with E-state index < -0.39 is 6.61 Å². The van der Waals surface area contributed by atoms with Gasteiger partial charge < -0.3 is 34.7 Å². The second-order valence-corrected chi connectivity index (χ2v) is 5.97. The summed E-state index contributed by atoms with van der Waals surface area (Å²) in [5, 5.41) is 16.0. The number of alkyl halides is 2. The average Bonchev–Trinajstić information content (AvgIpc) is 3.16. The van der Waals surface area contributed by atoms with Crippen LogP contribution in [0.1, 0.15) is 11.1 Å². The second-order valence-electron chi connectivity index (χ2n) is 5.97. The number of phenolic OH excluding ortho intramolecular Hbond substituents is 1. The summed E-state index contributed by atoms with van der Waals surface area (Å²) in [6, 6.07) is 7.83. The van der Waals surface area contributed by atoms with Gasteiger partial charge in [0.2, 0.25) is 6.79 Å². The van der Waals surface area contributed by atoms with Crippen molar-refractivity contribution >= 4 is 29.9 Å². The number of methoxy groups -OCH3 is 1. The summed E-state index contributed by atoms with van der Waals surface area (Å²) in [5.74, 6) is 1.90. The normalized spacial score (nSPS) is 12.4. The van der Waals surface area contributed by atoms with Gasteiger partial charge in [-0.3, -0.25) is 4.99 Å². The molecule has 3 rings (SSSR count). The predicted octanol–water partition coefficient (Wildman–Crippen LogP) is 3.21. The van der Waals surface area contributed by atoms with Gasteiger partial charge in [0.05, 0.1) is 7.11 Å². The van der Waals surface area contributed by atoms with Gasteiger partial charge >= 0.3 is 6.61 Å². The number of aromatic hydroxyl groups is 1. The average molecular weight is 537 g/mol. The Morgan fingerprint density at radius 1 is 1.13 bits per heavy atom. The van der Waals surface area contributed by atoms with Crippen LogP contribution in [0.2, 0.25) is 0 Å². The van der Waals surface area contributed by atoms with E-state index in [4.69, 9.17) is 14.2 Å². The minimum absolute atomic E-state index is 0. The monoisotopic (exact) mass is 537 g/mol. The van der Waals surface area contributed by atoms with Crippen LogP contribution in [0.3, 0.4) is 0 Å². The van der Waals surface area contributed by atoms with Crippen LogP contribution in [0.4, 0.5) is 8.78 Å². The summed E-state index contributed by atoms with van der Waals surface area (Å²) >= 11 is 0. The smallest absolute Gasteiger partial charge is 0.387 e. The van der Waals surface area contributed by atoms with Crippen molar-refractivity contribution in [1.82, 2.24) is 10.6 Å². The fourth-order valence-corrected chi connectivity index (χ4v) is 2.72. The number of nitrogens with one attached hydrogen (secondary N) is 2. The third-order valence-corrected chi connectivity index (χ3v) is 4.17. The van der Waals surface area contributed by atoms with E-state index in [2.05, 4.69) is 20.4 Å². The molecule has 3 N–H and O–H groups in total. The van der Waals surface area contributed by atoms with E-state index in [0.717, 1.165) is 0 Å².